The number of hydrogen-bond acceptors (Lipinski definition) is 1. The van der Waals surface area contributed by atoms with Crippen molar-refractivity contribution in [2.75, 3.05) is 5.32 Å². The second-order valence-electron chi connectivity index (χ2n) is 8.47. The smallest absolute Gasteiger partial charge is 0.0384 e. The molecular formula is C28H27N. The molecule has 0 amide bonds. The van der Waals surface area contributed by atoms with Crippen LogP contribution in [0.4, 0.5) is 11.4 Å². The normalized spacial score (nSPS) is 11.3. The lowest BCUT2D eigenvalue weighted by Crippen LogP contribution is -2.10. The average Bonchev–Trinajstić information content (AvgIpc) is 2.75. The first-order valence-corrected chi connectivity index (χ1v) is 10.1. The van der Waals surface area contributed by atoms with E-state index in [2.05, 4.69) is 111 Å². The molecule has 0 unspecified atom stereocenters. The molecule has 144 valence electrons. The van der Waals surface area contributed by atoms with Crippen LogP contribution in [0.15, 0.2) is 103 Å². The highest BCUT2D eigenvalue weighted by molar-refractivity contribution is 5.72. The molecule has 0 aliphatic rings. The van der Waals surface area contributed by atoms with Crippen molar-refractivity contribution < 1.29 is 0 Å². The molecule has 0 atom stereocenters. The minimum absolute atomic E-state index is 0.184. The Bertz CT molecular complexity index is 1050. The molecule has 0 saturated carbocycles. The van der Waals surface area contributed by atoms with Gasteiger partial charge in [-0.15, -0.1) is 0 Å². The third kappa shape index (κ3) is 4.57. The Hall–Kier alpha value is -3.32. The molecule has 0 bridgehead atoms. The molecular weight excluding hydrogens is 350 g/mol. The van der Waals surface area contributed by atoms with E-state index in [9.17, 15) is 0 Å². The summed E-state index contributed by atoms with van der Waals surface area (Å²) in [5.41, 5.74) is 8.69. The summed E-state index contributed by atoms with van der Waals surface area (Å²) in [6, 6.07) is 36.6. The van der Waals surface area contributed by atoms with Gasteiger partial charge >= 0.3 is 0 Å². The zero-order chi connectivity index (χ0) is 20.3. The van der Waals surface area contributed by atoms with Crippen LogP contribution < -0.4 is 5.32 Å². The predicted octanol–water partition coefficient (Wildman–Crippen LogP) is 8.06. The van der Waals surface area contributed by atoms with E-state index >= 15 is 0 Å². The van der Waals surface area contributed by atoms with Gasteiger partial charge in [0.15, 0.2) is 0 Å². The minimum atomic E-state index is 0.184. The van der Waals surface area contributed by atoms with E-state index < -0.39 is 0 Å². The zero-order valence-electron chi connectivity index (χ0n) is 17.3. The lowest BCUT2D eigenvalue weighted by molar-refractivity contribution is 0.590. The van der Waals surface area contributed by atoms with Crippen LogP contribution in [0.25, 0.3) is 22.3 Å². The van der Waals surface area contributed by atoms with Gasteiger partial charge in [-0.05, 0) is 57.5 Å². The highest BCUT2D eigenvalue weighted by atomic mass is 14.9. The van der Waals surface area contributed by atoms with E-state index in [1.807, 2.05) is 18.2 Å². The molecule has 0 fully saturated rings. The average molecular weight is 378 g/mol. The monoisotopic (exact) mass is 377 g/mol. The minimum Gasteiger partial charge on any atom is -0.356 e. The van der Waals surface area contributed by atoms with Crippen LogP contribution in [-0.4, -0.2) is 0 Å². The van der Waals surface area contributed by atoms with Crippen molar-refractivity contribution >= 4 is 11.4 Å². The summed E-state index contributed by atoms with van der Waals surface area (Å²) >= 11 is 0. The molecule has 29 heavy (non-hydrogen) atoms. The molecule has 4 aromatic rings. The van der Waals surface area contributed by atoms with Gasteiger partial charge in [-0.3, -0.25) is 0 Å². The molecule has 1 N–H and O–H groups in total. The SMILES string of the molecule is CC(C)(C)c1ccc(-c2ccc(-c3ccc(Nc4ccccc4)cc3)cc2)cc1. The van der Waals surface area contributed by atoms with Crippen LogP contribution in [0.3, 0.4) is 0 Å². The Balaban J connectivity index is 1.49. The quantitative estimate of drug-likeness (QED) is 0.379. The van der Waals surface area contributed by atoms with Crippen molar-refractivity contribution in [3.63, 3.8) is 0 Å². The maximum Gasteiger partial charge on any atom is 0.0384 e. The summed E-state index contributed by atoms with van der Waals surface area (Å²) in [4.78, 5) is 0. The lowest BCUT2D eigenvalue weighted by Gasteiger charge is -2.19. The summed E-state index contributed by atoms with van der Waals surface area (Å²) < 4.78 is 0. The van der Waals surface area contributed by atoms with Crippen molar-refractivity contribution in [1.29, 1.82) is 0 Å². The maximum atomic E-state index is 3.43. The number of anilines is 2. The molecule has 4 aromatic carbocycles. The molecule has 1 heteroatoms. The van der Waals surface area contributed by atoms with Crippen LogP contribution >= 0.6 is 0 Å². The Labute approximate surface area is 174 Å². The van der Waals surface area contributed by atoms with Crippen molar-refractivity contribution in [2.24, 2.45) is 0 Å². The highest BCUT2D eigenvalue weighted by Crippen LogP contribution is 2.29. The number of para-hydroxylation sites is 1. The summed E-state index contributed by atoms with van der Waals surface area (Å²) in [5, 5.41) is 3.43. The Morgan fingerprint density at radius 2 is 0.828 bits per heavy atom. The molecule has 0 aliphatic carbocycles. The molecule has 0 aromatic heterocycles. The summed E-state index contributed by atoms with van der Waals surface area (Å²) in [6.07, 6.45) is 0. The van der Waals surface area contributed by atoms with Gasteiger partial charge in [0, 0.05) is 11.4 Å². The lowest BCUT2D eigenvalue weighted by atomic mass is 9.86. The van der Waals surface area contributed by atoms with Gasteiger partial charge in [-0.25, -0.2) is 0 Å². The van der Waals surface area contributed by atoms with Gasteiger partial charge in [0.1, 0.15) is 0 Å². The Morgan fingerprint density at radius 1 is 0.448 bits per heavy atom. The van der Waals surface area contributed by atoms with Crippen molar-refractivity contribution in [3.05, 3.63) is 109 Å². The van der Waals surface area contributed by atoms with Crippen molar-refractivity contribution in [3.8, 4) is 22.3 Å². The number of rotatable bonds is 4. The second-order valence-corrected chi connectivity index (χ2v) is 8.47. The third-order valence-electron chi connectivity index (χ3n) is 5.25. The number of hydrogen-bond donors (Lipinski definition) is 1. The Kier molecular flexibility index (Phi) is 5.22. The van der Waals surface area contributed by atoms with Gasteiger partial charge in [0.25, 0.3) is 0 Å². The summed E-state index contributed by atoms with van der Waals surface area (Å²) in [6.45, 7) is 6.74. The topological polar surface area (TPSA) is 12.0 Å². The fourth-order valence-electron chi connectivity index (χ4n) is 3.45. The fraction of sp³-hybridized carbons (Fsp3) is 0.143. The van der Waals surface area contributed by atoms with Gasteiger partial charge in [-0.2, -0.15) is 0 Å². The zero-order valence-corrected chi connectivity index (χ0v) is 17.3. The molecule has 0 heterocycles. The summed E-state index contributed by atoms with van der Waals surface area (Å²) in [7, 11) is 0. The number of nitrogens with one attached hydrogen (secondary N) is 1. The standard InChI is InChI=1S/C28H27N/c1-28(2,3)25-17-13-23(14-18-25)21-9-11-22(12-10-21)24-15-19-27(20-16-24)29-26-7-5-4-6-8-26/h4-20,29H,1-3H3. The molecule has 1 nitrogen and oxygen atoms in total. The van der Waals surface area contributed by atoms with Crippen LogP contribution in [0.2, 0.25) is 0 Å². The van der Waals surface area contributed by atoms with E-state index in [4.69, 9.17) is 0 Å². The first-order valence-electron chi connectivity index (χ1n) is 10.1. The van der Waals surface area contributed by atoms with Gasteiger partial charge in [0.05, 0.1) is 0 Å². The van der Waals surface area contributed by atoms with Crippen molar-refractivity contribution in [2.45, 2.75) is 26.2 Å². The van der Waals surface area contributed by atoms with Crippen LogP contribution in [0, 0.1) is 0 Å². The Morgan fingerprint density at radius 3 is 1.28 bits per heavy atom. The van der Waals surface area contributed by atoms with E-state index in [-0.39, 0.29) is 5.41 Å². The first-order chi connectivity index (χ1) is 14.0. The van der Waals surface area contributed by atoms with Crippen LogP contribution in [0.5, 0.6) is 0 Å². The fourth-order valence-corrected chi connectivity index (χ4v) is 3.45. The van der Waals surface area contributed by atoms with Gasteiger partial charge in [-0.1, -0.05) is 99.6 Å². The molecule has 0 saturated heterocycles. The van der Waals surface area contributed by atoms with E-state index in [0.29, 0.717) is 0 Å². The molecule has 0 radical (unpaired) electrons. The predicted molar refractivity (Wildman–Crippen MR) is 126 cm³/mol. The molecule has 4 rings (SSSR count). The largest absolute Gasteiger partial charge is 0.356 e. The van der Waals surface area contributed by atoms with E-state index in [1.54, 1.807) is 0 Å². The molecule has 0 spiro atoms. The van der Waals surface area contributed by atoms with E-state index in [1.165, 1.54) is 27.8 Å². The van der Waals surface area contributed by atoms with Crippen LogP contribution in [-0.2, 0) is 5.41 Å². The van der Waals surface area contributed by atoms with Gasteiger partial charge in [0.2, 0.25) is 0 Å². The second kappa shape index (κ2) is 7.97. The maximum absolute atomic E-state index is 3.43. The molecule has 0 aliphatic heterocycles. The van der Waals surface area contributed by atoms with Crippen molar-refractivity contribution in [1.82, 2.24) is 0 Å². The van der Waals surface area contributed by atoms with Crippen LogP contribution in [0.1, 0.15) is 26.3 Å². The summed E-state index contributed by atoms with van der Waals surface area (Å²) in [5.74, 6) is 0. The third-order valence-corrected chi connectivity index (χ3v) is 5.25. The van der Waals surface area contributed by atoms with E-state index in [0.717, 1.165) is 11.4 Å². The highest BCUT2D eigenvalue weighted by Gasteiger charge is 2.13. The van der Waals surface area contributed by atoms with Gasteiger partial charge < -0.3 is 5.32 Å². The number of benzene rings is 4. The first kappa shape index (κ1) is 19.0.